The first kappa shape index (κ1) is 25.0. The zero-order valence-electron chi connectivity index (χ0n) is 20.0. The van der Waals surface area contributed by atoms with E-state index in [4.69, 9.17) is 14.2 Å². The monoisotopic (exact) mass is 465 g/mol. The normalized spacial score (nSPS) is 17.7. The predicted octanol–water partition coefficient (Wildman–Crippen LogP) is 5.15. The molecule has 2 aromatic rings. The molecule has 3 rings (SSSR count). The van der Waals surface area contributed by atoms with Crippen LogP contribution in [0, 0.1) is 5.92 Å². The van der Waals surface area contributed by atoms with E-state index < -0.39 is 23.8 Å². The van der Waals surface area contributed by atoms with Gasteiger partial charge in [-0.25, -0.2) is 4.79 Å². The van der Waals surface area contributed by atoms with Gasteiger partial charge in [0.05, 0.1) is 19.3 Å². The minimum Gasteiger partial charge on any atom is -0.497 e. The number of rotatable bonds is 10. The molecule has 1 N–H and O–H groups in total. The summed E-state index contributed by atoms with van der Waals surface area (Å²) in [6.07, 6.45) is 1.61. The highest BCUT2D eigenvalue weighted by atomic mass is 16.5. The number of methoxy groups -OCH3 is 1. The number of allylic oxidation sites excluding steroid dienone is 1. The average Bonchev–Trinajstić information content (AvgIpc) is 2.82. The Kier molecular flexibility index (Phi) is 8.46. The summed E-state index contributed by atoms with van der Waals surface area (Å²) < 4.78 is 16.9. The van der Waals surface area contributed by atoms with Gasteiger partial charge in [0.25, 0.3) is 0 Å². The van der Waals surface area contributed by atoms with E-state index >= 15 is 0 Å². The van der Waals surface area contributed by atoms with Crippen molar-refractivity contribution in [3.63, 3.8) is 0 Å². The maximum Gasteiger partial charge on any atom is 0.336 e. The number of carbonyl (C=O) groups is 2. The van der Waals surface area contributed by atoms with Crippen LogP contribution in [0.4, 0.5) is 0 Å². The van der Waals surface area contributed by atoms with Crippen LogP contribution in [0.5, 0.6) is 11.5 Å². The smallest absolute Gasteiger partial charge is 0.336 e. The number of aliphatic carboxylic acids is 1. The summed E-state index contributed by atoms with van der Waals surface area (Å²) in [5.41, 5.74) is 2.66. The zero-order chi connectivity index (χ0) is 24.7. The Morgan fingerprint density at radius 3 is 2.56 bits per heavy atom. The number of hydrogen-bond donors (Lipinski definition) is 1. The van der Waals surface area contributed by atoms with Crippen LogP contribution in [0.2, 0.25) is 0 Å². The second kappa shape index (κ2) is 11.5. The van der Waals surface area contributed by atoms with Crippen LogP contribution in [0.25, 0.3) is 0 Å². The maximum atomic E-state index is 13.1. The van der Waals surface area contributed by atoms with Gasteiger partial charge in [-0.2, -0.15) is 0 Å². The number of unbranched alkanes of at least 4 members (excludes halogenated alkanes) is 1. The molecule has 34 heavy (non-hydrogen) atoms. The third kappa shape index (κ3) is 5.65. The third-order valence-corrected chi connectivity index (χ3v) is 5.83. The van der Waals surface area contributed by atoms with Gasteiger partial charge in [-0.1, -0.05) is 43.7 Å². The molecule has 2 unspecified atom stereocenters. The number of benzene rings is 2. The molecule has 7 heteroatoms. The van der Waals surface area contributed by atoms with Gasteiger partial charge in [-0.15, -0.1) is 0 Å². The van der Waals surface area contributed by atoms with Crippen molar-refractivity contribution in [2.45, 2.75) is 46.1 Å². The molecule has 0 radical (unpaired) electrons. The van der Waals surface area contributed by atoms with E-state index in [1.807, 2.05) is 43.3 Å². The summed E-state index contributed by atoms with van der Waals surface area (Å²) >= 11 is 0. The maximum absolute atomic E-state index is 13.1. The molecule has 0 amide bonds. The summed E-state index contributed by atoms with van der Waals surface area (Å²) in [7, 11) is 1.60. The molecule has 180 valence electrons. The average molecular weight is 466 g/mol. The Balaban J connectivity index is 2.00. The Labute approximate surface area is 200 Å². The van der Waals surface area contributed by atoms with Gasteiger partial charge >= 0.3 is 11.9 Å². The molecule has 1 heterocycles. The highest BCUT2D eigenvalue weighted by molar-refractivity contribution is 6.06. The molecule has 1 aliphatic rings. The summed E-state index contributed by atoms with van der Waals surface area (Å²) in [6.45, 7) is 5.92. The highest BCUT2D eigenvalue weighted by Gasteiger charge is 2.42. The molecule has 0 bridgehead atoms. The van der Waals surface area contributed by atoms with Gasteiger partial charge in [0.1, 0.15) is 24.0 Å². The molecule has 2 aromatic carbocycles. The molecule has 0 aliphatic carbocycles. The molecule has 0 saturated carbocycles. The molecular weight excluding hydrogens is 434 g/mol. The van der Waals surface area contributed by atoms with E-state index in [1.165, 1.54) is 0 Å². The first-order valence-electron chi connectivity index (χ1n) is 11.4. The van der Waals surface area contributed by atoms with Crippen molar-refractivity contribution in [1.29, 1.82) is 0 Å². The van der Waals surface area contributed by atoms with Crippen LogP contribution in [0.1, 0.15) is 50.7 Å². The van der Waals surface area contributed by atoms with Gasteiger partial charge in [0.2, 0.25) is 0 Å². The van der Waals surface area contributed by atoms with Gasteiger partial charge in [-0.3, -0.25) is 9.79 Å². The Morgan fingerprint density at radius 1 is 1.09 bits per heavy atom. The Hall–Kier alpha value is -3.61. The topological polar surface area (TPSA) is 94.4 Å². The van der Waals surface area contributed by atoms with Crippen molar-refractivity contribution in [2.24, 2.45) is 10.9 Å². The highest BCUT2D eigenvalue weighted by Crippen LogP contribution is 2.43. The fourth-order valence-electron chi connectivity index (χ4n) is 4.14. The summed E-state index contributed by atoms with van der Waals surface area (Å²) in [5.74, 6) is -2.18. The summed E-state index contributed by atoms with van der Waals surface area (Å²) in [4.78, 5) is 29.8. The number of carbonyl (C=O) groups excluding carboxylic acids is 1. The van der Waals surface area contributed by atoms with E-state index in [9.17, 15) is 14.7 Å². The molecule has 0 spiro atoms. The summed E-state index contributed by atoms with van der Waals surface area (Å²) in [6, 6.07) is 14.7. The fraction of sp³-hybridized carbons (Fsp3) is 0.370. The molecule has 0 aromatic heterocycles. The molecule has 0 saturated heterocycles. The zero-order valence-corrected chi connectivity index (χ0v) is 20.0. The lowest BCUT2D eigenvalue weighted by Gasteiger charge is -2.31. The van der Waals surface area contributed by atoms with Crippen LogP contribution in [0.3, 0.4) is 0 Å². The van der Waals surface area contributed by atoms with Crippen LogP contribution >= 0.6 is 0 Å². The van der Waals surface area contributed by atoms with E-state index in [0.29, 0.717) is 22.7 Å². The van der Waals surface area contributed by atoms with Crippen LogP contribution in [-0.2, 0) is 20.9 Å². The Morgan fingerprint density at radius 2 is 1.85 bits per heavy atom. The lowest BCUT2D eigenvalue weighted by Crippen LogP contribution is -2.35. The number of carboxylic acids is 1. The lowest BCUT2D eigenvalue weighted by atomic mass is 9.75. The van der Waals surface area contributed by atoms with Crippen molar-refractivity contribution in [3.8, 4) is 11.5 Å². The number of ether oxygens (including phenoxy) is 3. The van der Waals surface area contributed by atoms with Crippen molar-refractivity contribution >= 4 is 17.7 Å². The van der Waals surface area contributed by atoms with Crippen molar-refractivity contribution < 1.29 is 28.9 Å². The fourth-order valence-corrected chi connectivity index (χ4v) is 4.14. The number of esters is 1. The second-order valence-electron chi connectivity index (χ2n) is 8.21. The summed E-state index contributed by atoms with van der Waals surface area (Å²) in [5, 5.41) is 10.1. The standard InChI is InChI=1S/C27H31NO6/c1-5-6-14-33-27(31)24-18(3)28-17(2)23(26(29)30)25(24)21-12-7-8-13-22(21)34-16-19-10-9-11-20(15-19)32-4/h7-13,15,23,25H,5-6,14,16H2,1-4H3,(H,29,30). The SMILES string of the molecule is CCCCOC(=O)C1=C(C)N=C(C)C(C(=O)O)C1c1ccccc1OCc1cccc(OC)c1. The quantitative estimate of drug-likeness (QED) is 0.385. The molecule has 7 nitrogen and oxygen atoms in total. The predicted molar refractivity (Wildman–Crippen MR) is 129 cm³/mol. The molecule has 1 aliphatic heterocycles. The first-order valence-corrected chi connectivity index (χ1v) is 11.4. The molecule has 2 atom stereocenters. The van der Waals surface area contributed by atoms with E-state index in [2.05, 4.69) is 4.99 Å². The van der Waals surface area contributed by atoms with Crippen molar-refractivity contribution in [2.75, 3.05) is 13.7 Å². The molecular formula is C27H31NO6. The van der Waals surface area contributed by atoms with E-state index in [1.54, 1.807) is 33.1 Å². The Bertz CT molecular complexity index is 1100. The van der Waals surface area contributed by atoms with Crippen LogP contribution in [0.15, 0.2) is 64.8 Å². The number of aliphatic imine (C=N–C) groups is 1. The van der Waals surface area contributed by atoms with Crippen LogP contribution < -0.4 is 9.47 Å². The number of hydrogen-bond acceptors (Lipinski definition) is 6. The molecule has 0 fully saturated rings. The van der Waals surface area contributed by atoms with Crippen molar-refractivity contribution in [3.05, 3.63) is 70.9 Å². The van der Waals surface area contributed by atoms with Gasteiger partial charge in [0, 0.05) is 22.9 Å². The second-order valence-corrected chi connectivity index (χ2v) is 8.21. The lowest BCUT2D eigenvalue weighted by molar-refractivity contribution is -0.141. The van der Waals surface area contributed by atoms with Crippen molar-refractivity contribution in [1.82, 2.24) is 0 Å². The van der Waals surface area contributed by atoms with Gasteiger partial charge in [-0.05, 0) is 44.0 Å². The van der Waals surface area contributed by atoms with Crippen LogP contribution in [-0.4, -0.2) is 36.5 Å². The number of carboxylic acid groups (broad SMARTS) is 1. The first-order chi connectivity index (χ1) is 16.4. The van der Waals surface area contributed by atoms with E-state index in [0.717, 1.165) is 24.2 Å². The van der Waals surface area contributed by atoms with Gasteiger partial charge in [0.15, 0.2) is 0 Å². The largest absolute Gasteiger partial charge is 0.497 e. The number of nitrogens with zero attached hydrogens (tertiary/aromatic N) is 1. The minimum atomic E-state index is -1.06. The van der Waals surface area contributed by atoms with Gasteiger partial charge < -0.3 is 19.3 Å². The number of para-hydroxylation sites is 1. The third-order valence-electron chi connectivity index (χ3n) is 5.83. The van der Waals surface area contributed by atoms with E-state index in [-0.39, 0.29) is 18.8 Å². The minimum absolute atomic E-state index is 0.255.